The van der Waals surface area contributed by atoms with E-state index in [2.05, 4.69) is 15.5 Å². The van der Waals surface area contributed by atoms with Gasteiger partial charge in [-0.05, 0) is 0 Å². The number of carbonyl (C=O) groups excluding carboxylic acids is 2. The lowest BCUT2D eigenvalue weighted by molar-refractivity contribution is -0.125. The summed E-state index contributed by atoms with van der Waals surface area (Å²) < 4.78 is 32.2. The Morgan fingerprint density at radius 1 is 1.08 bits per heavy atom. The van der Waals surface area contributed by atoms with Crippen molar-refractivity contribution in [3.8, 4) is 0 Å². The van der Waals surface area contributed by atoms with Gasteiger partial charge in [0.25, 0.3) is 10.0 Å². The molecule has 0 fully saturated rings. The highest BCUT2D eigenvalue weighted by Crippen LogP contribution is 2.15. The van der Waals surface area contributed by atoms with E-state index >= 15 is 0 Å². The Bertz CT molecular complexity index is 678. The maximum Gasteiger partial charge on any atom is 0.267 e. The van der Waals surface area contributed by atoms with Gasteiger partial charge < -0.3 is 20.5 Å². The Hall–Kier alpha value is -1.51. The average Bonchev–Trinajstić information content (AvgIpc) is 3.04. The monoisotopic (exact) mass is 409 g/mol. The fourth-order valence-electron chi connectivity index (χ4n) is 1.69. The SMILES string of the molecule is NCCOCCOCCNC(=O)CCC(=O)Cc1nnc(S(N)(=O)=O)s1. The fraction of sp³-hybridized carbons (Fsp3) is 0.692. The summed E-state index contributed by atoms with van der Waals surface area (Å²) in [5, 5.41) is 14.8. The van der Waals surface area contributed by atoms with Gasteiger partial charge in [-0.15, -0.1) is 10.2 Å². The van der Waals surface area contributed by atoms with Crippen molar-refractivity contribution in [2.75, 3.05) is 39.5 Å². The van der Waals surface area contributed by atoms with Crippen molar-refractivity contribution in [3.05, 3.63) is 5.01 Å². The van der Waals surface area contributed by atoms with Crippen LogP contribution in [-0.2, 0) is 35.5 Å². The molecular weight excluding hydrogens is 386 g/mol. The number of hydrogen-bond acceptors (Lipinski definition) is 10. The van der Waals surface area contributed by atoms with Crippen LogP contribution in [0, 0.1) is 0 Å². The summed E-state index contributed by atoms with van der Waals surface area (Å²) in [5.74, 6) is -0.519. The van der Waals surface area contributed by atoms with E-state index in [9.17, 15) is 18.0 Å². The Morgan fingerprint density at radius 2 is 1.77 bits per heavy atom. The van der Waals surface area contributed by atoms with Crippen molar-refractivity contribution >= 4 is 33.1 Å². The third-order valence-electron chi connectivity index (χ3n) is 2.87. The van der Waals surface area contributed by atoms with Gasteiger partial charge in [-0.2, -0.15) is 0 Å². The van der Waals surface area contributed by atoms with E-state index in [0.717, 1.165) is 11.3 Å². The Kier molecular flexibility index (Phi) is 10.4. The van der Waals surface area contributed by atoms with Gasteiger partial charge in [-0.1, -0.05) is 11.3 Å². The molecule has 0 bridgehead atoms. The molecule has 0 spiro atoms. The molecule has 26 heavy (non-hydrogen) atoms. The van der Waals surface area contributed by atoms with Crippen molar-refractivity contribution in [1.29, 1.82) is 0 Å². The lowest BCUT2D eigenvalue weighted by atomic mass is 10.1. The lowest BCUT2D eigenvalue weighted by Crippen LogP contribution is -2.28. The summed E-state index contributed by atoms with van der Waals surface area (Å²) in [7, 11) is -3.92. The topological polar surface area (TPSA) is 177 Å². The quantitative estimate of drug-likeness (QED) is 0.299. The zero-order valence-electron chi connectivity index (χ0n) is 14.2. The molecule has 0 aliphatic heterocycles. The van der Waals surface area contributed by atoms with Crippen LogP contribution in [0.15, 0.2) is 4.34 Å². The molecule has 0 radical (unpaired) electrons. The molecule has 1 aromatic rings. The molecule has 148 valence electrons. The number of nitrogens with two attached hydrogens (primary N) is 2. The first-order valence-electron chi connectivity index (χ1n) is 7.82. The zero-order chi connectivity index (χ0) is 19.4. The van der Waals surface area contributed by atoms with E-state index in [4.69, 9.17) is 20.3 Å². The van der Waals surface area contributed by atoms with Gasteiger partial charge in [-0.25, -0.2) is 13.6 Å². The Morgan fingerprint density at radius 3 is 2.38 bits per heavy atom. The van der Waals surface area contributed by atoms with Crippen LogP contribution >= 0.6 is 11.3 Å². The van der Waals surface area contributed by atoms with Crippen LogP contribution in [0.4, 0.5) is 0 Å². The minimum Gasteiger partial charge on any atom is -0.378 e. The van der Waals surface area contributed by atoms with Crippen LogP contribution in [-0.4, -0.2) is 69.8 Å². The van der Waals surface area contributed by atoms with E-state index in [-0.39, 0.29) is 40.3 Å². The predicted octanol–water partition coefficient (Wildman–Crippen LogP) is -1.81. The minimum absolute atomic E-state index is 0.0178. The van der Waals surface area contributed by atoms with Gasteiger partial charge >= 0.3 is 0 Å². The van der Waals surface area contributed by atoms with Gasteiger partial charge in [-0.3, -0.25) is 9.59 Å². The molecule has 1 heterocycles. The van der Waals surface area contributed by atoms with Crippen molar-refractivity contribution in [2.45, 2.75) is 23.6 Å². The second kappa shape index (κ2) is 12.0. The fourth-order valence-corrected chi connectivity index (χ4v) is 3.20. The molecule has 0 saturated heterocycles. The zero-order valence-corrected chi connectivity index (χ0v) is 15.8. The van der Waals surface area contributed by atoms with Gasteiger partial charge in [0.05, 0.1) is 32.8 Å². The molecule has 0 saturated carbocycles. The first-order chi connectivity index (χ1) is 12.3. The van der Waals surface area contributed by atoms with Crippen LogP contribution in [0.1, 0.15) is 17.8 Å². The van der Waals surface area contributed by atoms with Crippen LogP contribution in [0.5, 0.6) is 0 Å². The number of primary sulfonamides is 1. The third-order valence-corrected chi connectivity index (χ3v) is 5.11. The van der Waals surface area contributed by atoms with E-state index < -0.39 is 10.0 Å². The summed E-state index contributed by atoms with van der Waals surface area (Å²) in [6, 6.07) is 0. The van der Waals surface area contributed by atoms with E-state index in [1.165, 1.54) is 0 Å². The minimum atomic E-state index is -3.92. The van der Waals surface area contributed by atoms with Crippen molar-refractivity contribution < 1.29 is 27.5 Å². The highest BCUT2D eigenvalue weighted by Gasteiger charge is 2.17. The molecule has 13 heteroatoms. The largest absolute Gasteiger partial charge is 0.378 e. The number of ether oxygens (including phenoxy) is 2. The highest BCUT2D eigenvalue weighted by molar-refractivity contribution is 7.91. The summed E-state index contributed by atoms with van der Waals surface area (Å²) >= 11 is 0.738. The van der Waals surface area contributed by atoms with Crippen LogP contribution < -0.4 is 16.2 Å². The molecule has 0 aromatic carbocycles. The number of sulfonamides is 1. The second-order valence-electron chi connectivity index (χ2n) is 5.09. The molecule has 0 aliphatic rings. The normalized spacial score (nSPS) is 11.5. The number of hydrogen-bond donors (Lipinski definition) is 3. The number of Topliss-reactive ketones (excluding diaryl/α,β-unsaturated/α-hetero) is 1. The maximum atomic E-state index is 11.8. The molecule has 5 N–H and O–H groups in total. The predicted molar refractivity (Wildman–Crippen MR) is 92.9 cm³/mol. The maximum absolute atomic E-state index is 11.8. The van der Waals surface area contributed by atoms with Crippen LogP contribution in [0.25, 0.3) is 0 Å². The summed E-state index contributed by atoms with van der Waals surface area (Å²) in [6.07, 6.45) is -0.0461. The van der Waals surface area contributed by atoms with Crippen molar-refractivity contribution in [1.82, 2.24) is 15.5 Å². The molecule has 0 atom stereocenters. The first-order valence-corrected chi connectivity index (χ1v) is 10.2. The molecule has 0 unspecified atom stereocenters. The lowest BCUT2D eigenvalue weighted by Gasteiger charge is -2.06. The second-order valence-corrected chi connectivity index (χ2v) is 7.88. The Balaban J connectivity index is 2.12. The smallest absolute Gasteiger partial charge is 0.267 e. The van der Waals surface area contributed by atoms with Crippen molar-refractivity contribution in [2.24, 2.45) is 10.9 Å². The molecule has 1 aromatic heterocycles. The molecular formula is C13H23N5O6S2. The number of rotatable bonds is 14. The van der Waals surface area contributed by atoms with Crippen molar-refractivity contribution in [3.63, 3.8) is 0 Å². The number of ketones is 1. The van der Waals surface area contributed by atoms with Gasteiger partial charge in [0, 0.05) is 25.9 Å². The summed E-state index contributed by atoms with van der Waals surface area (Å²) in [5.41, 5.74) is 5.26. The number of amides is 1. The third kappa shape index (κ3) is 9.84. The van der Waals surface area contributed by atoms with Gasteiger partial charge in [0.2, 0.25) is 10.2 Å². The summed E-state index contributed by atoms with van der Waals surface area (Å²) in [6.45, 7) is 2.47. The molecule has 1 rings (SSSR count). The van der Waals surface area contributed by atoms with Crippen LogP contribution in [0.2, 0.25) is 0 Å². The van der Waals surface area contributed by atoms with Gasteiger partial charge in [0.15, 0.2) is 0 Å². The standard InChI is InChI=1S/C13H23N5O6S2/c14-3-5-23-7-8-24-6-4-16-11(20)2-1-10(19)9-12-17-18-13(25-12)26(15,21)22/h1-9,14H2,(H,16,20)(H2,15,21,22). The average molecular weight is 409 g/mol. The summed E-state index contributed by atoms with van der Waals surface area (Å²) in [4.78, 5) is 23.4. The molecule has 1 amide bonds. The number of nitrogens with zero attached hydrogens (tertiary/aromatic N) is 2. The highest BCUT2D eigenvalue weighted by atomic mass is 32.2. The number of carbonyl (C=O) groups is 2. The number of nitrogens with one attached hydrogen (secondary N) is 1. The van der Waals surface area contributed by atoms with Gasteiger partial charge in [0.1, 0.15) is 10.8 Å². The number of aromatic nitrogens is 2. The first kappa shape index (κ1) is 22.5. The van der Waals surface area contributed by atoms with E-state index in [0.29, 0.717) is 39.5 Å². The molecule has 11 nitrogen and oxygen atoms in total. The molecule has 0 aliphatic carbocycles. The Labute approximate surface area is 155 Å². The van der Waals surface area contributed by atoms with E-state index in [1.807, 2.05) is 0 Å². The van der Waals surface area contributed by atoms with E-state index in [1.54, 1.807) is 0 Å². The van der Waals surface area contributed by atoms with Crippen LogP contribution in [0.3, 0.4) is 0 Å².